The Bertz CT molecular complexity index is 603. The third-order valence-electron chi connectivity index (χ3n) is 5.22. The lowest BCUT2D eigenvalue weighted by molar-refractivity contribution is -0.167. The highest BCUT2D eigenvalue weighted by molar-refractivity contribution is 6.11. The van der Waals surface area contributed by atoms with E-state index in [9.17, 15) is 19.2 Å². The summed E-state index contributed by atoms with van der Waals surface area (Å²) in [5.41, 5.74) is -0.774. The molecule has 0 aromatic heterocycles. The number of carbonyl (C=O) groups excluding carboxylic acids is 4. The summed E-state index contributed by atoms with van der Waals surface area (Å²) in [5, 5.41) is 0. The molecular weight excluding hydrogens is 364 g/mol. The molecule has 0 bridgehead atoms. The van der Waals surface area contributed by atoms with Crippen molar-refractivity contribution in [3.63, 3.8) is 0 Å². The number of carbonyl (C=O) groups is 4. The molecule has 0 N–H and O–H groups in total. The van der Waals surface area contributed by atoms with Crippen LogP contribution in [0.25, 0.3) is 0 Å². The number of amides is 3. The summed E-state index contributed by atoms with van der Waals surface area (Å²) in [5.74, 6) is -3.69. The average Bonchev–Trinajstić information content (AvgIpc) is 2.87. The molecule has 28 heavy (non-hydrogen) atoms. The maximum Gasteiger partial charge on any atom is 0.328 e. The monoisotopic (exact) mass is 396 g/mol. The standard InChI is InChI=1S/C20H32N2O6/c1-6-27-17(24)14(18(25)28-7-2)15-16(23)22(20(3,4)5)19(26)21(15)13-11-9-8-10-12-13/h13-15H,6-12H2,1-5H3. The van der Waals surface area contributed by atoms with Gasteiger partial charge in [0.25, 0.3) is 5.91 Å². The van der Waals surface area contributed by atoms with Crippen LogP contribution >= 0.6 is 0 Å². The minimum Gasteiger partial charge on any atom is -0.465 e. The minimum absolute atomic E-state index is 0.0655. The van der Waals surface area contributed by atoms with Crippen molar-refractivity contribution >= 4 is 23.9 Å². The first-order valence-corrected chi connectivity index (χ1v) is 10.1. The fourth-order valence-corrected chi connectivity index (χ4v) is 4.06. The maximum atomic E-state index is 13.3. The van der Waals surface area contributed by atoms with Crippen molar-refractivity contribution in [1.29, 1.82) is 0 Å². The number of hydrogen-bond donors (Lipinski definition) is 0. The van der Waals surface area contributed by atoms with E-state index in [-0.39, 0.29) is 19.3 Å². The first kappa shape index (κ1) is 22.2. The summed E-state index contributed by atoms with van der Waals surface area (Å²) in [6.45, 7) is 8.66. The normalized spacial score (nSPS) is 21.4. The third-order valence-corrected chi connectivity index (χ3v) is 5.22. The second-order valence-corrected chi connectivity index (χ2v) is 8.25. The van der Waals surface area contributed by atoms with Crippen LogP contribution < -0.4 is 0 Å². The number of imide groups is 1. The third kappa shape index (κ3) is 4.31. The molecule has 1 atom stereocenters. The van der Waals surface area contributed by atoms with Crippen molar-refractivity contribution in [1.82, 2.24) is 9.80 Å². The van der Waals surface area contributed by atoms with E-state index in [0.717, 1.165) is 37.0 Å². The zero-order valence-electron chi connectivity index (χ0n) is 17.5. The summed E-state index contributed by atoms with van der Waals surface area (Å²) in [7, 11) is 0. The lowest BCUT2D eigenvalue weighted by Crippen LogP contribution is -2.52. The summed E-state index contributed by atoms with van der Waals surface area (Å²) < 4.78 is 10.2. The molecule has 0 spiro atoms. The van der Waals surface area contributed by atoms with E-state index < -0.39 is 41.4 Å². The van der Waals surface area contributed by atoms with Gasteiger partial charge in [0, 0.05) is 11.6 Å². The van der Waals surface area contributed by atoms with Gasteiger partial charge in [-0.3, -0.25) is 19.3 Å². The van der Waals surface area contributed by atoms with Gasteiger partial charge in [0.05, 0.1) is 13.2 Å². The minimum atomic E-state index is -1.48. The molecule has 0 aromatic carbocycles. The van der Waals surface area contributed by atoms with E-state index in [1.807, 2.05) is 0 Å². The summed E-state index contributed by atoms with van der Waals surface area (Å²) in [4.78, 5) is 54.5. The van der Waals surface area contributed by atoms with Crippen LogP contribution in [0.5, 0.6) is 0 Å². The van der Waals surface area contributed by atoms with Gasteiger partial charge in [-0.2, -0.15) is 0 Å². The average molecular weight is 396 g/mol. The Hall–Kier alpha value is -2.12. The highest BCUT2D eigenvalue weighted by atomic mass is 16.6. The second-order valence-electron chi connectivity index (χ2n) is 8.25. The van der Waals surface area contributed by atoms with E-state index in [2.05, 4.69) is 0 Å². The lowest BCUT2D eigenvalue weighted by Gasteiger charge is -2.36. The van der Waals surface area contributed by atoms with Gasteiger partial charge in [0.1, 0.15) is 6.04 Å². The molecule has 3 amide bonds. The Labute approximate surface area is 166 Å². The van der Waals surface area contributed by atoms with Gasteiger partial charge in [0.15, 0.2) is 5.92 Å². The summed E-state index contributed by atoms with van der Waals surface area (Å²) >= 11 is 0. The SMILES string of the molecule is CCOC(=O)C(C(=O)OCC)C1C(=O)N(C(C)(C)C)C(=O)N1C1CCCCC1. The van der Waals surface area contributed by atoms with Gasteiger partial charge in [0.2, 0.25) is 0 Å². The summed E-state index contributed by atoms with van der Waals surface area (Å²) in [6, 6.07) is -1.87. The van der Waals surface area contributed by atoms with E-state index in [1.165, 1.54) is 4.90 Å². The van der Waals surface area contributed by atoms with Gasteiger partial charge in [-0.25, -0.2) is 4.79 Å². The van der Waals surface area contributed by atoms with Crippen molar-refractivity contribution in [3.05, 3.63) is 0 Å². The maximum absolute atomic E-state index is 13.3. The quantitative estimate of drug-likeness (QED) is 0.389. The van der Waals surface area contributed by atoms with Crippen LogP contribution in [0.15, 0.2) is 0 Å². The summed E-state index contributed by atoms with van der Waals surface area (Å²) in [6.07, 6.45) is 4.43. The van der Waals surface area contributed by atoms with Crippen LogP contribution in [-0.4, -0.2) is 64.5 Å². The second kappa shape index (κ2) is 8.92. The fourth-order valence-electron chi connectivity index (χ4n) is 4.06. The molecule has 1 aliphatic carbocycles. The Kier molecular flexibility index (Phi) is 7.06. The molecule has 2 rings (SSSR count). The molecule has 8 nitrogen and oxygen atoms in total. The largest absolute Gasteiger partial charge is 0.465 e. The topological polar surface area (TPSA) is 93.2 Å². The molecule has 1 saturated carbocycles. The van der Waals surface area contributed by atoms with Crippen LogP contribution in [0.4, 0.5) is 4.79 Å². The van der Waals surface area contributed by atoms with E-state index >= 15 is 0 Å². The zero-order valence-corrected chi connectivity index (χ0v) is 17.5. The number of nitrogens with zero attached hydrogens (tertiary/aromatic N) is 2. The predicted octanol–water partition coefficient (Wildman–Crippen LogP) is 2.49. The van der Waals surface area contributed by atoms with E-state index in [1.54, 1.807) is 34.6 Å². The molecule has 158 valence electrons. The molecule has 2 fully saturated rings. The Morgan fingerprint density at radius 2 is 1.50 bits per heavy atom. The predicted molar refractivity (Wildman–Crippen MR) is 101 cm³/mol. The van der Waals surface area contributed by atoms with Crippen LogP contribution in [0.3, 0.4) is 0 Å². The highest BCUT2D eigenvalue weighted by Crippen LogP contribution is 2.36. The highest BCUT2D eigenvalue weighted by Gasteiger charge is 2.58. The number of urea groups is 1. The van der Waals surface area contributed by atoms with Crippen LogP contribution in [0, 0.1) is 5.92 Å². The van der Waals surface area contributed by atoms with Crippen molar-refractivity contribution in [2.24, 2.45) is 5.92 Å². The van der Waals surface area contributed by atoms with E-state index in [0.29, 0.717) is 0 Å². The van der Waals surface area contributed by atoms with Crippen LogP contribution in [-0.2, 0) is 23.9 Å². The van der Waals surface area contributed by atoms with Gasteiger partial charge in [-0.15, -0.1) is 0 Å². The molecule has 0 aromatic rings. The van der Waals surface area contributed by atoms with Crippen LogP contribution in [0.1, 0.15) is 66.7 Å². The van der Waals surface area contributed by atoms with Gasteiger partial charge in [-0.1, -0.05) is 19.3 Å². The first-order chi connectivity index (χ1) is 13.1. The Morgan fingerprint density at radius 1 is 1.00 bits per heavy atom. The Morgan fingerprint density at radius 3 is 1.93 bits per heavy atom. The van der Waals surface area contributed by atoms with Gasteiger partial charge < -0.3 is 14.4 Å². The van der Waals surface area contributed by atoms with Gasteiger partial charge >= 0.3 is 18.0 Å². The van der Waals surface area contributed by atoms with Crippen LogP contribution in [0.2, 0.25) is 0 Å². The molecule has 1 saturated heterocycles. The number of rotatable bonds is 6. The number of ether oxygens (including phenoxy) is 2. The zero-order chi connectivity index (χ0) is 21.1. The fraction of sp³-hybridized carbons (Fsp3) is 0.800. The smallest absolute Gasteiger partial charge is 0.328 e. The molecule has 0 radical (unpaired) electrons. The van der Waals surface area contributed by atoms with Gasteiger partial charge in [-0.05, 0) is 47.5 Å². The molecular formula is C20H32N2O6. The number of hydrogen-bond acceptors (Lipinski definition) is 6. The lowest BCUT2D eigenvalue weighted by atomic mass is 9.90. The van der Waals surface area contributed by atoms with Crippen molar-refractivity contribution < 1.29 is 28.7 Å². The van der Waals surface area contributed by atoms with E-state index in [4.69, 9.17) is 9.47 Å². The molecule has 1 unspecified atom stereocenters. The molecule has 1 aliphatic heterocycles. The van der Waals surface area contributed by atoms with Crippen molar-refractivity contribution in [3.8, 4) is 0 Å². The molecule has 2 aliphatic rings. The molecule has 8 heteroatoms. The van der Waals surface area contributed by atoms with Crippen molar-refractivity contribution in [2.75, 3.05) is 13.2 Å². The van der Waals surface area contributed by atoms with Crippen molar-refractivity contribution in [2.45, 2.75) is 84.3 Å². The Balaban J connectivity index is 2.51. The molecule has 1 heterocycles. The first-order valence-electron chi connectivity index (χ1n) is 10.1. The number of esters is 2.